The fourth-order valence-corrected chi connectivity index (χ4v) is 3.79. The van der Waals surface area contributed by atoms with Crippen molar-refractivity contribution in [3.63, 3.8) is 0 Å². The van der Waals surface area contributed by atoms with Crippen LogP contribution in [0, 0.1) is 0 Å². The first-order chi connectivity index (χ1) is 12.1. The molecule has 0 spiro atoms. The summed E-state index contributed by atoms with van der Waals surface area (Å²) >= 11 is 0. The molecule has 0 radical (unpaired) electrons. The molecule has 1 amide bonds. The van der Waals surface area contributed by atoms with Gasteiger partial charge in [0.15, 0.2) is 0 Å². The van der Waals surface area contributed by atoms with Gasteiger partial charge in [-0.3, -0.25) is 14.6 Å². The third kappa shape index (κ3) is 4.81. The Morgan fingerprint density at radius 3 is 2.68 bits per heavy atom. The highest BCUT2D eigenvalue weighted by Gasteiger charge is 2.44. The molecule has 1 unspecified atom stereocenters. The zero-order valence-corrected chi connectivity index (χ0v) is 15.5. The van der Waals surface area contributed by atoms with E-state index in [1.165, 1.54) is 18.4 Å². The molecule has 0 aromatic heterocycles. The molecule has 1 aromatic rings. The zero-order valence-electron chi connectivity index (χ0n) is 15.5. The lowest BCUT2D eigenvalue weighted by molar-refractivity contribution is -0.123. The molecule has 2 aliphatic rings. The first-order valence-electron chi connectivity index (χ1n) is 9.40. The van der Waals surface area contributed by atoms with Crippen LogP contribution in [0.15, 0.2) is 30.3 Å². The molecule has 25 heavy (non-hydrogen) atoms. The second-order valence-electron chi connectivity index (χ2n) is 7.54. The van der Waals surface area contributed by atoms with Gasteiger partial charge in [-0.05, 0) is 25.3 Å². The molecule has 1 saturated carbocycles. The topological polar surface area (TPSA) is 44.8 Å². The number of rotatable bonds is 8. The number of ether oxygens (including phenoxy) is 1. The Morgan fingerprint density at radius 1 is 1.28 bits per heavy atom. The lowest BCUT2D eigenvalue weighted by atomic mass is 9.96. The molecule has 5 heteroatoms. The normalized spacial score (nSPS) is 23.4. The number of amides is 1. The van der Waals surface area contributed by atoms with Gasteiger partial charge >= 0.3 is 0 Å². The number of carbonyl (C=O) groups is 1. The van der Waals surface area contributed by atoms with E-state index in [4.69, 9.17) is 4.74 Å². The Hall–Kier alpha value is -1.43. The quantitative estimate of drug-likeness (QED) is 0.775. The summed E-state index contributed by atoms with van der Waals surface area (Å²) in [6.45, 7) is 8.14. The highest BCUT2D eigenvalue weighted by atomic mass is 16.5. The smallest absolute Gasteiger partial charge is 0.234 e. The van der Waals surface area contributed by atoms with Crippen molar-refractivity contribution in [2.45, 2.75) is 31.2 Å². The largest absolute Gasteiger partial charge is 0.383 e. The summed E-state index contributed by atoms with van der Waals surface area (Å²) in [5.74, 6) is 0.153. The molecular weight excluding hydrogens is 314 g/mol. The van der Waals surface area contributed by atoms with E-state index in [-0.39, 0.29) is 11.3 Å². The van der Waals surface area contributed by atoms with Crippen LogP contribution in [0.2, 0.25) is 0 Å². The molecule has 1 N–H and O–H groups in total. The van der Waals surface area contributed by atoms with Crippen LogP contribution in [0.3, 0.4) is 0 Å². The minimum atomic E-state index is 0.153. The Bertz CT molecular complexity index is 559. The van der Waals surface area contributed by atoms with Crippen molar-refractivity contribution < 1.29 is 9.53 Å². The van der Waals surface area contributed by atoms with Crippen LogP contribution in [-0.4, -0.2) is 74.7 Å². The van der Waals surface area contributed by atoms with Crippen molar-refractivity contribution in [3.05, 3.63) is 35.9 Å². The van der Waals surface area contributed by atoms with Crippen molar-refractivity contribution in [2.24, 2.45) is 0 Å². The standard InChI is InChI=1S/C20H31N3O2/c1-17-14-22(10-11-23(17)12-13-25-2)15-19(24)21-16-20(8-9-20)18-6-4-3-5-7-18/h3-7,17H,8-16H2,1-2H3,(H,21,24). The molecule has 138 valence electrons. The summed E-state index contributed by atoms with van der Waals surface area (Å²) in [5, 5.41) is 3.18. The van der Waals surface area contributed by atoms with E-state index in [1.807, 2.05) is 6.07 Å². The number of piperazine rings is 1. The Labute approximate surface area is 151 Å². The molecule has 3 rings (SSSR count). The van der Waals surface area contributed by atoms with Gasteiger partial charge in [0.05, 0.1) is 13.2 Å². The summed E-state index contributed by atoms with van der Waals surface area (Å²) in [4.78, 5) is 17.1. The molecule has 5 nitrogen and oxygen atoms in total. The summed E-state index contributed by atoms with van der Waals surface area (Å²) in [5.41, 5.74) is 1.54. The second-order valence-corrected chi connectivity index (χ2v) is 7.54. The van der Waals surface area contributed by atoms with Crippen LogP contribution in [0.5, 0.6) is 0 Å². The zero-order chi connectivity index (χ0) is 17.7. The molecule has 2 fully saturated rings. The number of hydrogen-bond donors (Lipinski definition) is 1. The number of benzene rings is 1. The van der Waals surface area contributed by atoms with E-state index >= 15 is 0 Å². The van der Waals surface area contributed by atoms with Crippen LogP contribution < -0.4 is 5.32 Å². The van der Waals surface area contributed by atoms with E-state index in [1.54, 1.807) is 7.11 Å². The lowest BCUT2D eigenvalue weighted by Gasteiger charge is -2.39. The minimum Gasteiger partial charge on any atom is -0.383 e. The lowest BCUT2D eigenvalue weighted by Crippen LogP contribution is -2.54. The van der Waals surface area contributed by atoms with Gasteiger partial charge in [-0.2, -0.15) is 0 Å². The van der Waals surface area contributed by atoms with Crippen LogP contribution in [0.25, 0.3) is 0 Å². The predicted molar refractivity (Wildman–Crippen MR) is 99.7 cm³/mol. The Balaban J connectivity index is 1.42. The predicted octanol–water partition coefficient (Wildman–Crippen LogP) is 1.49. The maximum Gasteiger partial charge on any atom is 0.234 e. The Kier molecular flexibility index (Phi) is 6.10. The van der Waals surface area contributed by atoms with E-state index in [0.717, 1.165) is 39.3 Å². The average molecular weight is 345 g/mol. The third-order valence-corrected chi connectivity index (χ3v) is 5.66. The third-order valence-electron chi connectivity index (χ3n) is 5.66. The van der Waals surface area contributed by atoms with Crippen LogP contribution >= 0.6 is 0 Å². The fraction of sp³-hybridized carbons (Fsp3) is 0.650. The summed E-state index contributed by atoms with van der Waals surface area (Å²) in [6.07, 6.45) is 2.35. The average Bonchev–Trinajstić information content (AvgIpc) is 3.41. The molecule has 1 aliphatic carbocycles. The number of nitrogens with zero attached hydrogens (tertiary/aromatic N) is 2. The van der Waals surface area contributed by atoms with E-state index < -0.39 is 0 Å². The summed E-state index contributed by atoms with van der Waals surface area (Å²) in [6, 6.07) is 11.0. The number of nitrogens with one attached hydrogen (secondary N) is 1. The molecule has 1 saturated heterocycles. The maximum absolute atomic E-state index is 12.4. The highest BCUT2D eigenvalue weighted by molar-refractivity contribution is 5.78. The van der Waals surface area contributed by atoms with Crippen LogP contribution in [-0.2, 0) is 14.9 Å². The molecule has 1 aromatic carbocycles. The van der Waals surface area contributed by atoms with Crippen LogP contribution in [0.4, 0.5) is 0 Å². The first kappa shape index (κ1) is 18.4. The second kappa shape index (κ2) is 8.30. The number of methoxy groups -OCH3 is 1. The van der Waals surface area contributed by atoms with Gasteiger partial charge in [-0.25, -0.2) is 0 Å². The van der Waals surface area contributed by atoms with E-state index in [9.17, 15) is 4.79 Å². The molecule has 0 bridgehead atoms. The first-order valence-corrected chi connectivity index (χ1v) is 9.40. The van der Waals surface area contributed by atoms with Crippen molar-refractivity contribution in [2.75, 3.05) is 53.0 Å². The van der Waals surface area contributed by atoms with Gasteiger partial charge < -0.3 is 10.1 Å². The van der Waals surface area contributed by atoms with Gasteiger partial charge in [-0.1, -0.05) is 30.3 Å². The number of carbonyl (C=O) groups excluding carboxylic acids is 1. The number of hydrogen-bond acceptors (Lipinski definition) is 4. The molecule has 1 aliphatic heterocycles. The monoisotopic (exact) mass is 345 g/mol. The van der Waals surface area contributed by atoms with Gasteiger partial charge in [0.25, 0.3) is 0 Å². The van der Waals surface area contributed by atoms with Gasteiger partial charge in [0, 0.05) is 51.3 Å². The van der Waals surface area contributed by atoms with Gasteiger partial charge in [0.1, 0.15) is 0 Å². The summed E-state index contributed by atoms with van der Waals surface area (Å²) in [7, 11) is 1.74. The Morgan fingerprint density at radius 2 is 2.04 bits per heavy atom. The van der Waals surface area contributed by atoms with E-state index in [2.05, 4.69) is 46.3 Å². The maximum atomic E-state index is 12.4. The van der Waals surface area contributed by atoms with Crippen molar-refractivity contribution >= 4 is 5.91 Å². The van der Waals surface area contributed by atoms with Crippen molar-refractivity contribution in [1.29, 1.82) is 0 Å². The molecule has 1 atom stereocenters. The van der Waals surface area contributed by atoms with Gasteiger partial charge in [0.2, 0.25) is 5.91 Å². The van der Waals surface area contributed by atoms with Crippen molar-refractivity contribution in [1.82, 2.24) is 15.1 Å². The van der Waals surface area contributed by atoms with Gasteiger partial charge in [-0.15, -0.1) is 0 Å². The van der Waals surface area contributed by atoms with Crippen molar-refractivity contribution in [3.8, 4) is 0 Å². The SMILES string of the molecule is COCCN1CCN(CC(=O)NCC2(c3ccccc3)CC2)CC1C. The fourth-order valence-electron chi connectivity index (χ4n) is 3.79. The molecular formula is C20H31N3O2. The highest BCUT2D eigenvalue weighted by Crippen LogP contribution is 2.47. The van der Waals surface area contributed by atoms with E-state index in [0.29, 0.717) is 12.6 Å². The summed E-state index contributed by atoms with van der Waals surface area (Å²) < 4.78 is 5.17. The molecule has 1 heterocycles. The minimum absolute atomic E-state index is 0.153. The van der Waals surface area contributed by atoms with Crippen LogP contribution in [0.1, 0.15) is 25.3 Å².